The van der Waals surface area contributed by atoms with Gasteiger partial charge in [0.1, 0.15) is 5.83 Å². The van der Waals surface area contributed by atoms with Crippen LogP contribution < -0.4 is 11.1 Å². The molecule has 0 saturated heterocycles. The van der Waals surface area contributed by atoms with Crippen LogP contribution in [0.4, 0.5) is 10.1 Å². The summed E-state index contributed by atoms with van der Waals surface area (Å²) in [4.78, 5) is 0. The normalized spacial score (nSPS) is 16.5. The number of benzene rings is 1. The van der Waals surface area contributed by atoms with Crippen LogP contribution in [0.2, 0.25) is 0 Å². The number of hydrogen-bond acceptors (Lipinski definition) is 3. The van der Waals surface area contributed by atoms with Gasteiger partial charge in [0.2, 0.25) is 0 Å². The van der Waals surface area contributed by atoms with Gasteiger partial charge in [-0.25, -0.2) is 4.39 Å². The third-order valence-electron chi connectivity index (χ3n) is 5.89. The topological polar surface area (TPSA) is 66.8 Å². The average Bonchev–Trinajstić information content (AvgIpc) is 3.02. The molecular formula is C25H33FN4. The Kier molecular flexibility index (Phi) is 6.80. The number of hydrogen-bond donors (Lipinski definition) is 3. The predicted molar refractivity (Wildman–Crippen MR) is 126 cm³/mol. The first-order valence-corrected chi connectivity index (χ1v) is 10.7. The lowest BCUT2D eigenvalue weighted by atomic mass is 9.97. The first-order valence-electron chi connectivity index (χ1n) is 10.7. The zero-order valence-corrected chi connectivity index (χ0v) is 18.3. The number of halogens is 1. The summed E-state index contributed by atoms with van der Waals surface area (Å²) in [5, 5.41) is 12.1. The molecule has 1 unspecified atom stereocenters. The molecule has 1 atom stereocenters. The molecule has 0 bridgehead atoms. The van der Waals surface area contributed by atoms with Gasteiger partial charge in [-0.1, -0.05) is 26.5 Å². The molecule has 0 aliphatic heterocycles. The number of fused-ring (bicyclic) bond motifs is 1. The monoisotopic (exact) mass is 408 g/mol. The minimum atomic E-state index is -0.131. The van der Waals surface area contributed by atoms with Crippen molar-refractivity contribution in [1.82, 2.24) is 9.88 Å². The van der Waals surface area contributed by atoms with Crippen LogP contribution in [0.5, 0.6) is 0 Å². The third-order valence-corrected chi connectivity index (χ3v) is 5.89. The molecule has 1 aromatic heterocycles. The summed E-state index contributed by atoms with van der Waals surface area (Å²) in [6, 6.07) is 4.10. The number of nitrogen functional groups attached to an aromatic ring is 1. The highest BCUT2D eigenvalue weighted by Crippen LogP contribution is 2.40. The quantitative estimate of drug-likeness (QED) is 0.265. The highest BCUT2D eigenvalue weighted by atomic mass is 19.1. The molecule has 2 aromatic rings. The average molecular weight is 409 g/mol. The van der Waals surface area contributed by atoms with Gasteiger partial charge in [0.15, 0.2) is 0 Å². The van der Waals surface area contributed by atoms with Crippen LogP contribution in [0.25, 0.3) is 10.9 Å². The van der Waals surface area contributed by atoms with Crippen molar-refractivity contribution in [2.24, 2.45) is 0 Å². The van der Waals surface area contributed by atoms with Crippen molar-refractivity contribution in [1.29, 1.82) is 5.41 Å². The Morgan fingerprint density at radius 2 is 2.13 bits per heavy atom. The number of nitrogens with zero attached hydrogens (tertiary/aromatic N) is 1. The molecule has 0 radical (unpaired) electrons. The zero-order chi connectivity index (χ0) is 21.8. The molecule has 3 rings (SSSR count). The lowest BCUT2D eigenvalue weighted by molar-refractivity contribution is 0.547. The third kappa shape index (κ3) is 4.20. The van der Waals surface area contributed by atoms with E-state index in [-0.39, 0.29) is 11.9 Å². The van der Waals surface area contributed by atoms with E-state index in [0.717, 1.165) is 42.3 Å². The van der Waals surface area contributed by atoms with Gasteiger partial charge in [0.05, 0.1) is 6.04 Å². The van der Waals surface area contributed by atoms with Crippen molar-refractivity contribution in [3.63, 3.8) is 0 Å². The summed E-state index contributed by atoms with van der Waals surface area (Å²) >= 11 is 0. The Morgan fingerprint density at radius 3 is 2.77 bits per heavy atom. The fourth-order valence-electron chi connectivity index (χ4n) is 4.48. The van der Waals surface area contributed by atoms with Gasteiger partial charge in [-0.2, -0.15) is 0 Å². The van der Waals surface area contributed by atoms with E-state index < -0.39 is 0 Å². The Hall–Kier alpha value is -2.82. The maximum absolute atomic E-state index is 14.0. The van der Waals surface area contributed by atoms with Gasteiger partial charge in [-0.15, -0.1) is 0 Å². The van der Waals surface area contributed by atoms with E-state index in [0.29, 0.717) is 23.6 Å². The van der Waals surface area contributed by atoms with Crippen LogP contribution in [0.15, 0.2) is 48.5 Å². The second-order valence-electron chi connectivity index (χ2n) is 8.35. The molecule has 1 heterocycles. The maximum Gasteiger partial charge on any atom is 0.121 e. The SMILES string of the molecule is C=CNCCCCc1c(C(C)C)n(C2C=C(C)C(F)=CC2)c2cc(C=N)c(N)cc12. The highest BCUT2D eigenvalue weighted by molar-refractivity contribution is 5.97. The molecule has 0 fully saturated rings. The molecule has 0 amide bonds. The second-order valence-corrected chi connectivity index (χ2v) is 8.35. The zero-order valence-electron chi connectivity index (χ0n) is 18.3. The molecule has 1 aromatic carbocycles. The lowest BCUT2D eigenvalue weighted by Gasteiger charge is -2.24. The van der Waals surface area contributed by atoms with E-state index in [2.05, 4.69) is 30.3 Å². The maximum atomic E-state index is 14.0. The van der Waals surface area contributed by atoms with Crippen LogP contribution in [-0.4, -0.2) is 17.3 Å². The Balaban J connectivity index is 2.16. The van der Waals surface area contributed by atoms with E-state index in [1.165, 1.54) is 17.5 Å². The number of nitrogens with two attached hydrogens (primary N) is 1. The molecule has 4 nitrogen and oxygen atoms in total. The highest BCUT2D eigenvalue weighted by Gasteiger charge is 2.25. The fourth-order valence-corrected chi connectivity index (χ4v) is 4.48. The van der Waals surface area contributed by atoms with Gasteiger partial charge < -0.3 is 21.0 Å². The van der Waals surface area contributed by atoms with Crippen molar-refractivity contribution < 1.29 is 4.39 Å². The minimum absolute atomic E-state index is 0.0581. The van der Waals surface area contributed by atoms with Gasteiger partial charge in [-0.05, 0) is 74.1 Å². The lowest BCUT2D eigenvalue weighted by Crippen LogP contribution is -2.14. The van der Waals surface area contributed by atoms with E-state index in [1.807, 2.05) is 25.1 Å². The molecule has 1 aliphatic carbocycles. The molecular weight excluding hydrogens is 375 g/mol. The largest absolute Gasteiger partial charge is 0.398 e. The van der Waals surface area contributed by atoms with Crippen LogP contribution in [0, 0.1) is 5.41 Å². The number of anilines is 1. The van der Waals surface area contributed by atoms with E-state index in [4.69, 9.17) is 11.1 Å². The fraction of sp³-hybridized carbons (Fsp3) is 0.400. The van der Waals surface area contributed by atoms with Gasteiger partial charge in [0.25, 0.3) is 0 Å². The van der Waals surface area contributed by atoms with Crippen LogP contribution in [0.1, 0.15) is 68.8 Å². The predicted octanol–water partition coefficient (Wildman–Crippen LogP) is 6.14. The van der Waals surface area contributed by atoms with E-state index in [1.54, 1.807) is 12.3 Å². The molecule has 30 heavy (non-hydrogen) atoms. The molecule has 160 valence electrons. The van der Waals surface area contributed by atoms with Crippen LogP contribution >= 0.6 is 0 Å². The van der Waals surface area contributed by atoms with Gasteiger partial charge in [0, 0.05) is 40.6 Å². The summed E-state index contributed by atoms with van der Waals surface area (Å²) in [7, 11) is 0. The van der Waals surface area contributed by atoms with Crippen LogP contribution in [0.3, 0.4) is 0 Å². The van der Waals surface area contributed by atoms with Crippen molar-refractivity contribution in [3.8, 4) is 0 Å². The smallest absolute Gasteiger partial charge is 0.121 e. The first kappa shape index (κ1) is 21.9. The Morgan fingerprint density at radius 1 is 1.37 bits per heavy atom. The van der Waals surface area contributed by atoms with Crippen molar-refractivity contribution in [3.05, 3.63) is 65.3 Å². The van der Waals surface area contributed by atoms with Crippen molar-refractivity contribution >= 4 is 22.8 Å². The molecule has 4 N–H and O–H groups in total. The Bertz CT molecular complexity index is 1010. The number of nitrogens with one attached hydrogen (secondary N) is 2. The molecule has 5 heteroatoms. The summed E-state index contributed by atoms with van der Waals surface area (Å²) in [5.74, 6) is 0.181. The summed E-state index contributed by atoms with van der Waals surface area (Å²) < 4.78 is 16.4. The first-order chi connectivity index (χ1) is 14.4. The number of unbranched alkanes of at least 4 members (excludes halogenated alkanes) is 1. The summed E-state index contributed by atoms with van der Waals surface area (Å²) in [6.07, 6.45) is 10.4. The number of aromatic nitrogens is 1. The van der Waals surface area contributed by atoms with Crippen LogP contribution in [-0.2, 0) is 6.42 Å². The second kappa shape index (κ2) is 9.33. The van der Waals surface area contributed by atoms with E-state index in [9.17, 15) is 4.39 Å². The molecule has 0 saturated carbocycles. The van der Waals surface area contributed by atoms with Gasteiger partial charge in [-0.3, -0.25) is 0 Å². The summed E-state index contributed by atoms with van der Waals surface area (Å²) in [5.41, 5.74) is 12.0. The minimum Gasteiger partial charge on any atom is -0.398 e. The molecule has 0 spiro atoms. The van der Waals surface area contributed by atoms with Crippen molar-refractivity contribution in [2.75, 3.05) is 12.3 Å². The number of aryl methyl sites for hydroxylation is 1. The van der Waals surface area contributed by atoms with Gasteiger partial charge >= 0.3 is 0 Å². The number of rotatable bonds is 9. The molecule has 1 aliphatic rings. The van der Waals surface area contributed by atoms with Crippen molar-refractivity contribution in [2.45, 2.75) is 58.4 Å². The number of allylic oxidation sites excluding steroid dienone is 4. The van der Waals surface area contributed by atoms with E-state index >= 15 is 0 Å². The standard InChI is InChI=1S/C25H33FN4/c1-5-29-11-7-6-8-20-21-14-23(28)18(15-27)13-24(21)30(25(20)16(2)3)19-9-10-22(26)17(4)12-19/h5,10,12-16,19,27,29H,1,6-9,11,28H2,2-4H3. The Labute approximate surface area is 178 Å². The summed E-state index contributed by atoms with van der Waals surface area (Å²) in [6.45, 7) is 10.9.